The first-order valence-electron chi connectivity index (χ1n) is 6.99. The average molecular weight is 269 g/mol. The van der Waals surface area contributed by atoms with Crippen LogP contribution in [0.25, 0.3) is 0 Å². The second kappa shape index (κ2) is 6.23. The Labute approximate surface area is 114 Å². The molecule has 0 N–H and O–H groups in total. The Morgan fingerprint density at radius 2 is 1.95 bits per heavy atom. The first kappa shape index (κ1) is 14.1. The highest BCUT2D eigenvalue weighted by atomic mass is 16.5. The van der Waals surface area contributed by atoms with Crippen LogP contribution in [0.3, 0.4) is 0 Å². The zero-order valence-electron chi connectivity index (χ0n) is 11.8. The molecular formula is C13H23N3O3. The van der Waals surface area contributed by atoms with Crippen molar-refractivity contribution < 1.29 is 14.3 Å². The average Bonchev–Trinajstić information content (AvgIpc) is 2.80. The maximum absolute atomic E-state index is 12.1. The highest BCUT2D eigenvalue weighted by molar-refractivity contribution is 5.78. The van der Waals surface area contributed by atoms with Crippen molar-refractivity contribution >= 4 is 11.9 Å². The molecule has 0 radical (unpaired) electrons. The van der Waals surface area contributed by atoms with Gasteiger partial charge in [0.2, 0.25) is 5.91 Å². The molecule has 6 heteroatoms. The van der Waals surface area contributed by atoms with Gasteiger partial charge in [0.05, 0.1) is 0 Å². The normalized spacial score (nSPS) is 21.4. The maximum Gasteiger partial charge on any atom is 0.320 e. The fourth-order valence-electron chi connectivity index (χ4n) is 2.88. The Balaban J connectivity index is 1.84. The lowest BCUT2D eigenvalue weighted by atomic mass is 10.0. The van der Waals surface area contributed by atoms with Crippen LogP contribution in [0, 0.1) is 0 Å². The number of urea groups is 1. The monoisotopic (exact) mass is 269 g/mol. The number of piperidine rings is 1. The summed E-state index contributed by atoms with van der Waals surface area (Å²) >= 11 is 0. The van der Waals surface area contributed by atoms with Gasteiger partial charge in [-0.15, -0.1) is 0 Å². The molecular weight excluding hydrogens is 246 g/mol. The van der Waals surface area contributed by atoms with E-state index in [1.165, 1.54) is 7.11 Å². The summed E-state index contributed by atoms with van der Waals surface area (Å²) in [7, 11) is 1.53. The van der Waals surface area contributed by atoms with Crippen molar-refractivity contribution in [3.63, 3.8) is 0 Å². The number of hydrogen-bond donors (Lipinski definition) is 0. The Morgan fingerprint density at radius 3 is 2.47 bits per heavy atom. The summed E-state index contributed by atoms with van der Waals surface area (Å²) in [6, 6.07) is 0.444. The molecule has 0 bridgehead atoms. The third kappa shape index (κ3) is 3.00. The Hall–Kier alpha value is -1.30. The summed E-state index contributed by atoms with van der Waals surface area (Å²) in [6.07, 6.45) is 1.75. The van der Waals surface area contributed by atoms with E-state index in [1.54, 1.807) is 0 Å². The summed E-state index contributed by atoms with van der Waals surface area (Å²) in [5.41, 5.74) is 0. The third-order valence-corrected chi connectivity index (χ3v) is 4.03. The molecule has 0 aliphatic carbocycles. The Morgan fingerprint density at radius 1 is 1.26 bits per heavy atom. The number of hydrogen-bond acceptors (Lipinski definition) is 3. The number of methoxy groups -OCH3 is 1. The largest absolute Gasteiger partial charge is 0.375 e. The van der Waals surface area contributed by atoms with Crippen molar-refractivity contribution in [1.29, 1.82) is 0 Å². The summed E-state index contributed by atoms with van der Waals surface area (Å²) in [5.74, 6) is 0.0453. The molecule has 2 aliphatic rings. The highest BCUT2D eigenvalue weighted by Crippen LogP contribution is 2.21. The number of carbonyl (C=O) groups is 2. The van der Waals surface area contributed by atoms with Gasteiger partial charge in [0.25, 0.3) is 0 Å². The molecule has 0 unspecified atom stereocenters. The molecule has 0 aromatic heterocycles. The number of ether oxygens (including phenoxy) is 1. The Kier molecular flexibility index (Phi) is 4.63. The van der Waals surface area contributed by atoms with Crippen LogP contribution < -0.4 is 0 Å². The van der Waals surface area contributed by atoms with Gasteiger partial charge in [-0.1, -0.05) is 0 Å². The van der Waals surface area contributed by atoms with Crippen molar-refractivity contribution in [1.82, 2.24) is 14.7 Å². The molecule has 0 aromatic carbocycles. The lowest BCUT2D eigenvalue weighted by molar-refractivity contribution is -0.136. The number of rotatable bonds is 4. The van der Waals surface area contributed by atoms with Gasteiger partial charge < -0.3 is 19.4 Å². The molecule has 6 nitrogen and oxygen atoms in total. The zero-order chi connectivity index (χ0) is 13.8. The Bertz CT molecular complexity index is 340. The molecule has 0 saturated carbocycles. The van der Waals surface area contributed by atoms with E-state index < -0.39 is 0 Å². The minimum absolute atomic E-state index is 0.0453. The predicted molar refractivity (Wildman–Crippen MR) is 70.8 cm³/mol. The predicted octanol–water partition coefficient (Wildman–Crippen LogP) is 0.381. The number of carbonyl (C=O) groups excluding carboxylic acids is 2. The molecule has 108 valence electrons. The van der Waals surface area contributed by atoms with Crippen LogP contribution in [-0.2, 0) is 9.53 Å². The van der Waals surface area contributed by atoms with Crippen molar-refractivity contribution in [3.8, 4) is 0 Å². The van der Waals surface area contributed by atoms with Gasteiger partial charge >= 0.3 is 6.03 Å². The summed E-state index contributed by atoms with van der Waals surface area (Å²) in [4.78, 5) is 29.5. The number of likely N-dealkylation sites (N-methyl/N-ethyl adjacent to an activating group) is 1. The molecule has 2 aliphatic heterocycles. The van der Waals surface area contributed by atoms with Gasteiger partial charge in [-0.25, -0.2) is 4.79 Å². The lowest BCUT2D eigenvalue weighted by Gasteiger charge is -2.36. The van der Waals surface area contributed by atoms with Crippen LogP contribution >= 0.6 is 0 Å². The number of likely N-dealkylation sites (tertiary alicyclic amines) is 1. The zero-order valence-corrected chi connectivity index (χ0v) is 11.8. The fourth-order valence-corrected chi connectivity index (χ4v) is 2.88. The molecule has 2 saturated heterocycles. The fraction of sp³-hybridized carbons (Fsp3) is 0.846. The first-order valence-corrected chi connectivity index (χ1v) is 6.99. The second-order valence-electron chi connectivity index (χ2n) is 5.10. The van der Waals surface area contributed by atoms with Crippen LogP contribution in [0.4, 0.5) is 4.79 Å². The van der Waals surface area contributed by atoms with E-state index in [2.05, 4.69) is 0 Å². The molecule has 0 aromatic rings. The van der Waals surface area contributed by atoms with Crippen LogP contribution in [0.1, 0.15) is 19.8 Å². The molecule has 3 amide bonds. The van der Waals surface area contributed by atoms with Gasteiger partial charge in [-0.3, -0.25) is 4.79 Å². The van der Waals surface area contributed by atoms with Gasteiger partial charge in [-0.05, 0) is 19.8 Å². The van der Waals surface area contributed by atoms with E-state index in [0.717, 1.165) is 45.6 Å². The minimum atomic E-state index is 0.0453. The van der Waals surface area contributed by atoms with Gasteiger partial charge in [0, 0.05) is 45.9 Å². The quantitative estimate of drug-likeness (QED) is 0.741. The molecule has 0 atom stereocenters. The molecule has 2 rings (SSSR count). The molecule has 2 heterocycles. The standard InChI is InChI=1S/C13H23N3O3/c1-3-14-8-9-16(13(14)18)11-4-6-15(7-5-11)12(17)10-19-2/h11H,3-10H2,1-2H3. The number of amides is 3. The topological polar surface area (TPSA) is 53.1 Å². The van der Waals surface area contributed by atoms with E-state index in [0.29, 0.717) is 0 Å². The van der Waals surface area contributed by atoms with E-state index in [9.17, 15) is 9.59 Å². The van der Waals surface area contributed by atoms with Crippen LogP contribution in [-0.4, -0.2) is 79.1 Å². The highest BCUT2D eigenvalue weighted by Gasteiger charge is 2.35. The van der Waals surface area contributed by atoms with Gasteiger partial charge in [-0.2, -0.15) is 0 Å². The number of nitrogens with zero attached hydrogens (tertiary/aromatic N) is 3. The molecule has 0 spiro atoms. The van der Waals surface area contributed by atoms with Crippen molar-refractivity contribution in [2.45, 2.75) is 25.8 Å². The van der Waals surface area contributed by atoms with Crippen molar-refractivity contribution in [3.05, 3.63) is 0 Å². The lowest BCUT2D eigenvalue weighted by Crippen LogP contribution is -2.48. The third-order valence-electron chi connectivity index (χ3n) is 4.03. The SMILES string of the molecule is CCN1CCN(C2CCN(C(=O)COC)CC2)C1=O. The molecule has 19 heavy (non-hydrogen) atoms. The van der Waals surface area contributed by atoms with Crippen molar-refractivity contribution in [2.24, 2.45) is 0 Å². The van der Waals surface area contributed by atoms with Crippen LogP contribution in [0.5, 0.6) is 0 Å². The van der Waals surface area contributed by atoms with E-state index in [4.69, 9.17) is 4.74 Å². The van der Waals surface area contributed by atoms with Gasteiger partial charge in [0.1, 0.15) is 6.61 Å². The first-order chi connectivity index (χ1) is 9.17. The van der Waals surface area contributed by atoms with E-state index >= 15 is 0 Å². The summed E-state index contributed by atoms with van der Waals surface area (Å²) in [6.45, 7) is 6.04. The summed E-state index contributed by atoms with van der Waals surface area (Å²) < 4.78 is 4.87. The summed E-state index contributed by atoms with van der Waals surface area (Å²) in [5, 5.41) is 0. The van der Waals surface area contributed by atoms with Gasteiger partial charge in [0.15, 0.2) is 0 Å². The second-order valence-corrected chi connectivity index (χ2v) is 5.10. The molecule has 2 fully saturated rings. The van der Waals surface area contributed by atoms with Crippen LogP contribution in [0.2, 0.25) is 0 Å². The van der Waals surface area contributed by atoms with E-state index in [-0.39, 0.29) is 24.6 Å². The van der Waals surface area contributed by atoms with E-state index in [1.807, 2.05) is 21.6 Å². The smallest absolute Gasteiger partial charge is 0.320 e. The van der Waals surface area contributed by atoms with Crippen LogP contribution in [0.15, 0.2) is 0 Å². The van der Waals surface area contributed by atoms with Crippen molar-refractivity contribution in [2.75, 3.05) is 46.4 Å². The maximum atomic E-state index is 12.1. The minimum Gasteiger partial charge on any atom is -0.375 e.